The van der Waals surface area contributed by atoms with Crippen LogP contribution in [0.4, 0.5) is 17.2 Å². The zero-order chi connectivity index (χ0) is 17.8. The van der Waals surface area contributed by atoms with Crippen LogP contribution in [0.5, 0.6) is 5.75 Å². The second-order valence-corrected chi connectivity index (χ2v) is 6.22. The Hall–Kier alpha value is -2.38. The van der Waals surface area contributed by atoms with Crippen LogP contribution >= 0.6 is 11.6 Å². The van der Waals surface area contributed by atoms with Gasteiger partial charge in [0.25, 0.3) is 5.69 Å². The average molecular weight is 364 g/mol. The first-order chi connectivity index (χ1) is 12.0. The number of hydrogen-bond acceptors (Lipinski definition) is 6. The number of anilines is 2. The summed E-state index contributed by atoms with van der Waals surface area (Å²) in [5.74, 6) is 1.20. The summed E-state index contributed by atoms with van der Waals surface area (Å²) in [6.45, 7) is 3.42. The highest BCUT2D eigenvalue weighted by Gasteiger charge is 2.16. The summed E-state index contributed by atoms with van der Waals surface area (Å²) in [5, 5.41) is 14.0. The van der Waals surface area contributed by atoms with Gasteiger partial charge in [-0.05, 0) is 30.7 Å². The van der Waals surface area contributed by atoms with E-state index in [-0.39, 0.29) is 16.8 Å². The molecule has 0 spiro atoms. The monoisotopic (exact) mass is 363 g/mol. The Kier molecular flexibility index (Phi) is 5.35. The van der Waals surface area contributed by atoms with Crippen molar-refractivity contribution in [2.75, 3.05) is 18.5 Å². The molecule has 1 N–H and O–H groups in total. The molecule has 2 heterocycles. The molecule has 0 saturated carbocycles. The minimum absolute atomic E-state index is 0.146. The molecule has 1 fully saturated rings. The molecule has 0 aliphatic carbocycles. The number of nitrogens with zero attached hydrogens (tertiary/aromatic N) is 2. The van der Waals surface area contributed by atoms with Gasteiger partial charge in [0.15, 0.2) is 0 Å². The number of nitrogens with one attached hydrogen (secondary N) is 1. The van der Waals surface area contributed by atoms with Gasteiger partial charge in [-0.1, -0.05) is 11.6 Å². The lowest BCUT2D eigenvalue weighted by Crippen LogP contribution is -2.26. The molecule has 0 atom stereocenters. The van der Waals surface area contributed by atoms with Crippen molar-refractivity contribution in [3.8, 4) is 5.75 Å². The van der Waals surface area contributed by atoms with Crippen LogP contribution in [0.3, 0.4) is 0 Å². The maximum atomic E-state index is 10.7. The van der Waals surface area contributed by atoms with E-state index >= 15 is 0 Å². The number of nitro groups is 1. The number of ether oxygens (including phenoxy) is 2. The Morgan fingerprint density at radius 3 is 2.76 bits per heavy atom. The van der Waals surface area contributed by atoms with E-state index in [0.29, 0.717) is 5.82 Å². The maximum absolute atomic E-state index is 10.7. The molecule has 7 nitrogen and oxygen atoms in total. The van der Waals surface area contributed by atoms with Gasteiger partial charge in [0.2, 0.25) is 0 Å². The molecule has 3 rings (SSSR count). The summed E-state index contributed by atoms with van der Waals surface area (Å²) < 4.78 is 11.4. The molecule has 0 bridgehead atoms. The topological polar surface area (TPSA) is 86.5 Å². The smallest absolute Gasteiger partial charge is 0.289 e. The van der Waals surface area contributed by atoms with Crippen molar-refractivity contribution < 1.29 is 14.4 Å². The molecule has 0 amide bonds. The fourth-order valence-corrected chi connectivity index (χ4v) is 2.80. The van der Waals surface area contributed by atoms with Gasteiger partial charge in [0.1, 0.15) is 23.9 Å². The van der Waals surface area contributed by atoms with E-state index in [1.54, 1.807) is 0 Å². The van der Waals surface area contributed by atoms with E-state index in [1.807, 2.05) is 25.1 Å². The summed E-state index contributed by atoms with van der Waals surface area (Å²) in [4.78, 5) is 14.2. The van der Waals surface area contributed by atoms with Crippen molar-refractivity contribution in [1.82, 2.24) is 4.98 Å². The third kappa shape index (κ3) is 4.37. The maximum Gasteiger partial charge on any atom is 0.289 e. The molecule has 1 aromatic carbocycles. The number of hydrogen-bond donors (Lipinski definition) is 1. The summed E-state index contributed by atoms with van der Waals surface area (Å²) in [5.41, 5.74) is 1.61. The number of aromatic nitrogens is 1. The summed E-state index contributed by atoms with van der Waals surface area (Å²) >= 11 is 6.06. The van der Waals surface area contributed by atoms with Crippen molar-refractivity contribution in [2.24, 2.45) is 0 Å². The molecular formula is C17H18ClN3O4. The van der Waals surface area contributed by atoms with Crippen LogP contribution in [-0.2, 0) is 4.74 Å². The first-order valence-corrected chi connectivity index (χ1v) is 8.33. The first kappa shape index (κ1) is 17.4. The van der Waals surface area contributed by atoms with Crippen LogP contribution in [0.2, 0.25) is 5.02 Å². The summed E-state index contributed by atoms with van der Waals surface area (Å²) in [6.07, 6.45) is 3.13. The van der Waals surface area contributed by atoms with E-state index in [4.69, 9.17) is 21.1 Å². The zero-order valence-electron chi connectivity index (χ0n) is 13.7. The lowest BCUT2D eigenvalue weighted by molar-refractivity contribution is -0.385. The van der Waals surface area contributed by atoms with Crippen molar-refractivity contribution in [3.05, 3.63) is 51.2 Å². The van der Waals surface area contributed by atoms with E-state index < -0.39 is 4.92 Å². The van der Waals surface area contributed by atoms with E-state index in [0.717, 1.165) is 43.1 Å². The number of pyridine rings is 1. The highest BCUT2D eigenvalue weighted by molar-refractivity contribution is 6.33. The standard InChI is InChI=1S/C17H18ClN3O4/c1-11-8-12(2-3-16(11)25-14-4-6-24-7-5-14)20-17-15(18)9-13(10-19-17)21(22)23/h2-3,8-10,14H,4-7H2,1H3,(H,19,20). The summed E-state index contributed by atoms with van der Waals surface area (Å²) in [7, 11) is 0. The van der Waals surface area contributed by atoms with Gasteiger partial charge < -0.3 is 14.8 Å². The molecule has 1 aliphatic rings. The first-order valence-electron chi connectivity index (χ1n) is 7.95. The molecule has 1 aromatic heterocycles. The molecule has 1 aliphatic heterocycles. The van der Waals surface area contributed by atoms with E-state index in [1.165, 1.54) is 12.3 Å². The fourth-order valence-electron chi connectivity index (χ4n) is 2.59. The lowest BCUT2D eigenvalue weighted by atomic mass is 10.1. The normalized spacial score (nSPS) is 15.0. The molecular weight excluding hydrogens is 346 g/mol. The van der Waals surface area contributed by atoms with E-state index in [9.17, 15) is 10.1 Å². The van der Waals surface area contributed by atoms with Gasteiger partial charge >= 0.3 is 0 Å². The third-order valence-electron chi connectivity index (χ3n) is 3.94. The lowest BCUT2D eigenvalue weighted by Gasteiger charge is -2.24. The fraction of sp³-hybridized carbons (Fsp3) is 0.353. The van der Waals surface area contributed by atoms with Crippen LogP contribution < -0.4 is 10.1 Å². The van der Waals surface area contributed by atoms with Gasteiger partial charge in [-0.25, -0.2) is 4.98 Å². The Balaban J connectivity index is 1.71. The number of aryl methyl sites for hydroxylation is 1. The van der Waals surface area contributed by atoms with Crippen molar-refractivity contribution >= 4 is 28.8 Å². The van der Waals surface area contributed by atoms with Gasteiger partial charge in [-0.15, -0.1) is 0 Å². The molecule has 8 heteroatoms. The van der Waals surface area contributed by atoms with Gasteiger partial charge in [0.05, 0.1) is 23.2 Å². The minimum atomic E-state index is -0.532. The van der Waals surface area contributed by atoms with Crippen LogP contribution in [-0.4, -0.2) is 29.2 Å². The Labute approximate surface area is 150 Å². The third-order valence-corrected chi connectivity index (χ3v) is 4.23. The zero-order valence-corrected chi connectivity index (χ0v) is 14.5. The van der Waals surface area contributed by atoms with Gasteiger partial charge in [-0.3, -0.25) is 10.1 Å². The highest BCUT2D eigenvalue weighted by Crippen LogP contribution is 2.30. The van der Waals surface area contributed by atoms with Gasteiger partial charge in [0, 0.05) is 24.6 Å². The van der Waals surface area contributed by atoms with Crippen LogP contribution in [0, 0.1) is 17.0 Å². The van der Waals surface area contributed by atoms with E-state index in [2.05, 4.69) is 10.3 Å². The van der Waals surface area contributed by atoms with Crippen molar-refractivity contribution in [2.45, 2.75) is 25.9 Å². The predicted molar refractivity (Wildman–Crippen MR) is 94.8 cm³/mol. The summed E-state index contributed by atoms with van der Waals surface area (Å²) in [6, 6.07) is 6.95. The number of halogens is 1. The van der Waals surface area contributed by atoms with Gasteiger partial charge in [-0.2, -0.15) is 0 Å². The van der Waals surface area contributed by atoms with Crippen LogP contribution in [0.15, 0.2) is 30.5 Å². The van der Waals surface area contributed by atoms with Crippen molar-refractivity contribution in [3.63, 3.8) is 0 Å². The second-order valence-electron chi connectivity index (χ2n) is 5.82. The SMILES string of the molecule is Cc1cc(Nc2ncc([N+](=O)[O-])cc2Cl)ccc1OC1CCOCC1. The highest BCUT2D eigenvalue weighted by atomic mass is 35.5. The quantitative estimate of drug-likeness (QED) is 0.631. The Morgan fingerprint density at radius 1 is 1.36 bits per heavy atom. The largest absolute Gasteiger partial charge is 0.490 e. The van der Waals surface area contributed by atoms with Crippen LogP contribution in [0.1, 0.15) is 18.4 Å². The Bertz CT molecular complexity index is 778. The van der Waals surface area contributed by atoms with Crippen LogP contribution in [0.25, 0.3) is 0 Å². The molecule has 132 valence electrons. The minimum Gasteiger partial charge on any atom is -0.490 e. The molecule has 2 aromatic rings. The molecule has 1 saturated heterocycles. The molecule has 25 heavy (non-hydrogen) atoms. The number of rotatable bonds is 5. The predicted octanol–water partition coefficient (Wildman–Crippen LogP) is 4.25. The van der Waals surface area contributed by atoms with Crippen molar-refractivity contribution in [1.29, 1.82) is 0 Å². The molecule has 0 radical (unpaired) electrons. The second kappa shape index (κ2) is 7.67. The molecule has 0 unspecified atom stereocenters. The number of benzene rings is 1. The Morgan fingerprint density at radius 2 is 2.12 bits per heavy atom. The average Bonchev–Trinajstić information content (AvgIpc) is 2.60.